The van der Waals surface area contributed by atoms with E-state index in [0.717, 1.165) is 0 Å². The van der Waals surface area contributed by atoms with E-state index in [1.165, 1.54) is 29.2 Å². The lowest BCUT2D eigenvalue weighted by atomic mass is 10.1. The monoisotopic (exact) mass is 301 g/mol. The lowest BCUT2D eigenvalue weighted by molar-refractivity contribution is -0.159. The average Bonchev–Trinajstić information content (AvgIpc) is 2.85. The Hall–Kier alpha value is -1.60. The first kappa shape index (κ1) is 15.8. The number of halogens is 3. The molecule has 1 heterocycles. The number of benzene rings is 1. The van der Waals surface area contributed by atoms with E-state index < -0.39 is 12.2 Å². The van der Waals surface area contributed by atoms with Crippen LogP contribution in [-0.4, -0.2) is 42.7 Å². The van der Waals surface area contributed by atoms with Gasteiger partial charge in [-0.15, -0.1) is 0 Å². The van der Waals surface area contributed by atoms with Crippen molar-refractivity contribution in [1.29, 1.82) is 0 Å². The molecule has 2 atom stereocenters. The molecule has 2 rings (SSSR count). The first-order chi connectivity index (χ1) is 9.88. The van der Waals surface area contributed by atoms with E-state index in [-0.39, 0.29) is 24.1 Å². The van der Waals surface area contributed by atoms with Gasteiger partial charge in [0, 0.05) is 19.1 Å². The van der Waals surface area contributed by atoms with Crippen LogP contribution in [0.25, 0.3) is 0 Å². The fourth-order valence-electron chi connectivity index (χ4n) is 2.38. The highest BCUT2D eigenvalue weighted by atomic mass is 19.4. The number of carbonyl (C=O) groups is 1. The Morgan fingerprint density at radius 3 is 2.57 bits per heavy atom. The van der Waals surface area contributed by atoms with Crippen molar-refractivity contribution in [2.45, 2.75) is 24.7 Å². The third kappa shape index (κ3) is 4.18. The van der Waals surface area contributed by atoms with E-state index in [1.807, 2.05) is 0 Å². The first-order valence-electron chi connectivity index (χ1n) is 6.76. The zero-order chi connectivity index (χ0) is 15.5. The van der Waals surface area contributed by atoms with Crippen LogP contribution in [0, 0.1) is 0 Å². The van der Waals surface area contributed by atoms with Gasteiger partial charge < -0.3 is 10.6 Å². The molecule has 1 aliphatic rings. The number of hydrogen-bond donors (Lipinski definition) is 2. The van der Waals surface area contributed by atoms with E-state index in [9.17, 15) is 18.0 Å². The Kier molecular flexibility index (Phi) is 4.84. The number of alkyl halides is 3. The SMILES string of the molecule is N[C@@H]1CCN(C(=O)CNC(c2ccccc2)C(F)(F)F)C1. The zero-order valence-electron chi connectivity index (χ0n) is 11.4. The van der Waals surface area contributed by atoms with Crippen molar-refractivity contribution in [3.05, 3.63) is 35.9 Å². The van der Waals surface area contributed by atoms with Crippen LogP contribution >= 0.6 is 0 Å². The number of likely N-dealkylation sites (tertiary alicyclic amines) is 1. The predicted molar refractivity (Wildman–Crippen MR) is 72.4 cm³/mol. The maximum absolute atomic E-state index is 13.1. The van der Waals surface area contributed by atoms with Crippen molar-refractivity contribution in [2.75, 3.05) is 19.6 Å². The van der Waals surface area contributed by atoms with Gasteiger partial charge in [-0.3, -0.25) is 10.1 Å². The van der Waals surface area contributed by atoms with Gasteiger partial charge >= 0.3 is 6.18 Å². The van der Waals surface area contributed by atoms with Gasteiger partial charge in [-0.25, -0.2) is 0 Å². The lowest BCUT2D eigenvalue weighted by Crippen LogP contribution is -2.42. The molecular formula is C14H18F3N3O. The standard InChI is InChI=1S/C14H18F3N3O/c15-14(16,17)13(10-4-2-1-3-5-10)19-8-12(21)20-7-6-11(18)9-20/h1-5,11,13,19H,6-9,18H2/t11-,13?/m1/s1. The van der Waals surface area contributed by atoms with E-state index >= 15 is 0 Å². The van der Waals surface area contributed by atoms with Crippen molar-refractivity contribution in [1.82, 2.24) is 10.2 Å². The first-order valence-corrected chi connectivity index (χ1v) is 6.76. The number of nitrogens with zero attached hydrogens (tertiary/aromatic N) is 1. The second kappa shape index (κ2) is 6.44. The van der Waals surface area contributed by atoms with Crippen LogP contribution in [-0.2, 0) is 4.79 Å². The van der Waals surface area contributed by atoms with Crippen molar-refractivity contribution < 1.29 is 18.0 Å². The molecule has 0 bridgehead atoms. The van der Waals surface area contributed by atoms with Crippen molar-refractivity contribution >= 4 is 5.91 Å². The van der Waals surface area contributed by atoms with Gasteiger partial charge in [0.25, 0.3) is 0 Å². The number of hydrogen-bond acceptors (Lipinski definition) is 3. The molecule has 0 aromatic heterocycles. The molecule has 0 aliphatic carbocycles. The Balaban J connectivity index is 1.99. The molecule has 1 saturated heterocycles. The quantitative estimate of drug-likeness (QED) is 0.885. The topological polar surface area (TPSA) is 58.4 Å². The van der Waals surface area contributed by atoms with Crippen LogP contribution in [0.4, 0.5) is 13.2 Å². The van der Waals surface area contributed by atoms with E-state index in [4.69, 9.17) is 5.73 Å². The van der Waals surface area contributed by atoms with Gasteiger partial charge in [-0.2, -0.15) is 13.2 Å². The molecule has 0 spiro atoms. The summed E-state index contributed by atoms with van der Waals surface area (Å²) in [5, 5.41) is 2.31. The lowest BCUT2D eigenvalue weighted by Gasteiger charge is -2.23. The largest absolute Gasteiger partial charge is 0.407 e. The van der Waals surface area contributed by atoms with Gasteiger partial charge in [-0.05, 0) is 12.0 Å². The summed E-state index contributed by atoms with van der Waals surface area (Å²) in [6, 6.07) is 5.57. The number of nitrogens with two attached hydrogens (primary N) is 1. The molecule has 0 saturated carbocycles. The summed E-state index contributed by atoms with van der Waals surface area (Å²) in [5.74, 6) is -0.354. The third-order valence-electron chi connectivity index (χ3n) is 3.50. The van der Waals surface area contributed by atoms with Gasteiger partial charge in [-0.1, -0.05) is 30.3 Å². The van der Waals surface area contributed by atoms with E-state index in [0.29, 0.717) is 19.5 Å². The summed E-state index contributed by atoms with van der Waals surface area (Å²) in [5.41, 5.74) is 5.78. The van der Waals surface area contributed by atoms with Crippen molar-refractivity contribution in [3.8, 4) is 0 Å². The van der Waals surface area contributed by atoms with Gasteiger partial charge in [0.2, 0.25) is 5.91 Å². The smallest absolute Gasteiger partial charge is 0.340 e. The molecule has 1 aromatic rings. The minimum absolute atomic E-state index is 0.0820. The third-order valence-corrected chi connectivity index (χ3v) is 3.50. The summed E-state index contributed by atoms with van der Waals surface area (Å²) in [6.45, 7) is 0.554. The number of amides is 1. The zero-order valence-corrected chi connectivity index (χ0v) is 11.4. The molecule has 4 nitrogen and oxygen atoms in total. The minimum atomic E-state index is -4.46. The molecule has 1 amide bonds. The average molecular weight is 301 g/mol. The molecule has 21 heavy (non-hydrogen) atoms. The Morgan fingerprint density at radius 2 is 2.05 bits per heavy atom. The molecule has 0 radical (unpaired) electrons. The maximum Gasteiger partial charge on any atom is 0.407 e. The molecular weight excluding hydrogens is 283 g/mol. The molecule has 1 aliphatic heterocycles. The molecule has 1 unspecified atom stereocenters. The second-order valence-corrected chi connectivity index (χ2v) is 5.15. The van der Waals surface area contributed by atoms with Crippen molar-refractivity contribution in [2.24, 2.45) is 5.73 Å². The molecule has 3 N–H and O–H groups in total. The van der Waals surface area contributed by atoms with Crippen LogP contribution < -0.4 is 11.1 Å². The van der Waals surface area contributed by atoms with Crippen LogP contribution in [0.15, 0.2) is 30.3 Å². The van der Waals surface area contributed by atoms with E-state index in [1.54, 1.807) is 6.07 Å². The highest BCUT2D eigenvalue weighted by Gasteiger charge is 2.41. The second-order valence-electron chi connectivity index (χ2n) is 5.15. The Bertz CT molecular complexity index is 478. The van der Waals surface area contributed by atoms with Gasteiger partial charge in [0.15, 0.2) is 0 Å². The fourth-order valence-corrected chi connectivity index (χ4v) is 2.38. The Labute approximate surface area is 121 Å². The van der Waals surface area contributed by atoms with E-state index in [2.05, 4.69) is 5.32 Å². The molecule has 1 aromatic carbocycles. The Morgan fingerprint density at radius 1 is 1.38 bits per heavy atom. The van der Waals surface area contributed by atoms with Gasteiger partial charge in [0.05, 0.1) is 6.54 Å². The number of nitrogens with one attached hydrogen (secondary N) is 1. The molecule has 116 valence electrons. The summed E-state index contributed by atoms with van der Waals surface area (Å²) in [4.78, 5) is 13.4. The molecule has 1 fully saturated rings. The number of carbonyl (C=O) groups excluding carboxylic acids is 1. The highest BCUT2D eigenvalue weighted by Crippen LogP contribution is 2.32. The normalized spacial score (nSPS) is 20.6. The van der Waals surface area contributed by atoms with Crippen LogP contribution in [0.3, 0.4) is 0 Å². The summed E-state index contributed by atoms with van der Waals surface area (Å²) >= 11 is 0. The number of rotatable bonds is 4. The van der Waals surface area contributed by atoms with Crippen LogP contribution in [0.2, 0.25) is 0 Å². The van der Waals surface area contributed by atoms with Crippen LogP contribution in [0.1, 0.15) is 18.0 Å². The summed E-state index contributed by atoms with van der Waals surface area (Å²) < 4.78 is 39.3. The maximum atomic E-state index is 13.1. The van der Waals surface area contributed by atoms with Crippen LogP contribution in [0.5, 0.6) is 0 Å². The summed E-state index contributed by atoms with van der Waals surface area (Å²) in [6.07, 6.45) is -3.77. The minimum Gasteiger partial charge on any atom is -0.340 e. The molecule has 7 heteroatoms. The highest BCUT2D eigenvalue weighted by molar-refractivity contribution is 5.78. The predicted octanol–water partition coefficient (Wildman–Crippen LogP) is 1.44. The van der Waals surface area contributed by atoms with Crippen molar-refractivity contribution in [3.63, 3.8) is 0 Å². The summed E-state index contributed by atoms with van der Waals surface area (Å²) in [7, 11) is 0. The van der Waals surface area contributed by atoms with Gasteiger partial charge in [0.1, 0.15) is 6.04 Å². The fraction of sp³-hybridized carbons (Fsp3) is 0.500.